The molecule has 3 amide bonds. The number of hydrogen-bond acceptors (Lipinski definition) is 10. The van der Waals surface area contributed by atoms with Crippen molar-refractivity contribution in [3.63, 3.8) is 0 Å². The molecule has 32 heavy (non-hydrogen) atoms. The number of amides is 3. The van der Waals surface area contributed by atoms with Gasteiger partial charge in [0, 0.05) is 16.4 Å². The average Bonchev–Trinajstić information content (AvgIpc) is 3.46. The largest absolute Gasteiger partial charge is 0.477 e. The summed E-state index contributed by atoms with van der Waals surface area (Å²) < 4.78 is 0. The van der Waals surface area contributed by atoms with E-state index in [9.17, 15) is 24.3 Å². The molecule has 2 unspecified atom stereocenters. The summed E-state index contributed by atoms with van der Waals surface area (Å²) in [4.78, 5) is 50.4. The standard InChI is InChI=1S/C17H17N7O5S3/c18-8(7-2-1-3-30-7)13(26)20-10-15(27)24-11(17(28)29)6(5-32-16(10)24)4-31-14-9(12(19)25)21-23-22-14/h1-3,8,10,16H,4-5,18H2,(H2,19,25)(H,20,26)(H,28,29)(H,21,22,23)/t8?,10?,16-/m1/s1. The monoisotopic (exact) mass is 495 g/mol. The van der Waals surface area contributed by atoms with Gasteiger partial charge < -0.3 is 21.9 Å². The van der Waals surface area contributed by atoms with Gasteiger partial charge in [0.25, 0.3) is 11.8 Å². The normalized spacial score (nSPS) is 21.0. The number of nitrogens with one attached hydrogen (secondary N) is 2. The van der Waals surface area contributed by atoms with Crippen LogP contribution in [0.4, 0.5) is 0 Å². The fraction of sp³-hybridized carbons (Fsp3) is 0.294. The Balaban J connectivity index is 1.47. The number of aliphatic carboxylic acids is 1. The van der Waals surface area contributed by atoms with E-state index in [1.165, 1.54) is 28.0 Å². The number of thiophene rings is 1. The summed E-state index contributed by atoms with van der Waals surface area (Å²) in [5, 5.41) is 23.7. The molecule has 2 aliphatic rings. The number of aromatic amines is 1. The summed E-state index contributed by atoms with van der Waals surface area (Å²) in [5.74, 6) is -2.56. The molecule has 2 aromatic rings. The molecule has 12 nitrogen and oxygen atoms in total. The molecule has 15 heteroatoms. The molecule has 2 aliphatic heterocycles. The number of nitrogens with zero attached hydrogens (tertiary/aromatic N) is 3. The minimum atomic E-state index is -1.26. The van der Waals surface area contributed by atoms with Gasteiger partial charge in [0.2, 0.25) is 5.91 Å². The summed E-state index contributed by atoms with van der Waals surface area (Å²) in [6, 6.07) is 1.73. The van der Waals surface area contributed by atoms with Crippen molar-refractivity contribution < 1.29 is 24.3 Å². The summed E-state index contributed by atoms with van der Waals surface area (Å²) >= 11 is 3.76. The lowest BCUT2D eigenvalue weighted by molar-refractivity contribution is -0.150. The zero-order chi connectivity index (χ0) is 23.0. The first-order chi connectivity index (χ1) is 15.3. The lowest BCUT2D eigenvalue weighted by atomic mass is 10.0. The van der Waals surface area contributed by atoms with E-state index in [4.69, 9.17) is 11.5 Å². The van der Waals surface area contributed by atoms with Crippen LogP contribution >= 0.6 is 34.9 Å². The number of carboxylic acids is 1. The Labute approximate surface area is 193 Å². The summed E-state index contributed by atoms with van der Waals surface area (Å²) in [6.45, 7) is 0. The van der Waals surface area contributed by atoms with Crippen molar-refractivity contribution >= 4 is 58.6 Å². The highest BCUT2D eigenvalue weighted by molar-refractivity contribution is 8.01. The number of β-lactam (4-membered cyclic amide) rings is 1. The molecule has 2 aromatic heterocycles. The molecule has 0 bridgehead atoms. The second-order valence-electron chi connectivity index (χ2n) is 6.78. The SMILES string of the molecule is NC(=O)c1n[nH]nc1SCC1=C(C(=O)O)N2C(=O)C(NC(=O)C(N)c3cccs3)[C@H]2SC1. The van der Waals surface area contributed by atoms with Gasteiger partial charge >= 0.3 is 5.97 Å². The number of rotatable bonds is 8. The van der Waals surface area contributed by atoms with Crippen LogP contribution in [0.25, 0.3) is 0 Å². The van der Waals surface area contributed by atoms with Gasteiger partial charge in [-0.2, -0.15) is 5.21 Å². The van der Waals surface area contributed by atoms with Crippen molar-refractivity contribution in [2.75, 3.05) is 11.5 Å². The van der Waals surface area contributed by atoms with Gasteiger partial charge in [-0.05, 0) is 17.0 Å². The van der Waals surface area contributed by atoms with Crippen LogP contribution in [0.5, 0.6) is 0 Å². The fourth-order valence-corrected chi connectivity index (χ4v) is 6.41. The molecule has 1 saturated heterocycles. The van der Waals surface area contributed by atoms with Crippen LogP contribution in [0.15, 0.2) is 33.8 Å². The van der Waals surface area contributed by atoms with Gasteiger partial charge in [-0.1, -0.05) is 17.8 Å². The maximum Gasteiger partial charge on any atom is 0.352 e. The second-order valence-corrected chi connectivity index (χ2v) is 9.83. The number of aromatic nitrogens is 3. The maximum atomic E-state index is 12.7. The van der Waals surface area contributed by atoms with Crippen LogP contribution < -0.4 is 16.8 Å². The van der Waals surface area contributed by atoms with Gasteiger partial charge in [-0.15, -0.1) is 33.3 Å². The van der Waals surface area contributed by atoms with Crippen LogP contribution in [0, 0.1) is 0 Å². The van der Waals surface area contributed by atoms with Crippen LogP contribution in [0.1, 0.15) is 21.4 Å². The number of carbonyl (C=O) groups excluding carboxylic acids is 3. The molecule has 4 heterocycles. The molecule has 0 spiro atoms. The van der Waals surface area contributed by atoms with Crippen LogP contribution in [0.2, 0.25) is 0 Å². The molecule has 0 saturated carbocycles. The zero-order valence-corrected chi connectivity index (χ0v) is 18.6. The van der Waals surface area contributed by atoms with E-state index in [1.807, 2.05) is 0 Å². The molecule has 4 rings (SSSR count). The van der Waals surface area contributed by atoms with Crippen molar-refractivity contribution in [1.29, 1.82) is 0 Å². The molecule has 168 valence electrons. The average molecular weight is 496 g/mol. The predicted molar refractivity (Wildman–Crippen MR) is 117 cm³/mol. The zero-order valence-electron chi connectivity index (χ0n) is 16.2. The number of carboxylic acid groups (broad SMARTS) is 1. The number of carbonyl (C=O) groups is 4. The van der Waals surface area contributed by atoms with Gasteiger partial charge in [0.05, 0.1) is 0 Å². The predicted octanol–water partition coefficient (Wildman–Crippen LogP) is -0.504. The van der Waals surface area contributed by atoms with Gasteiger partial charge in [-0.3, -0.25) is 19.3 Å². The highest BCUT2D eigenvalue weighted by Crippen LogP contribution is 2.41. The Morgan fingerprint density at radius 2 is 2.19 bits per heavy atom. The first kappa shape index (κ1) is 22.3. The number of thioether (sulfide) groups is 2. The van der Waals surface area contributed by atoms with Gasteiger partial charge in [-0.25, -0.2) is 4.79 Å². The van der Waals surface area contributed by atoms with Crippen molar-refractivity contribution in [2.24, 2.45) is 11.5 Å². The van der Waals surface area contributed by atoms with E-state index in [0.717, 1.165) is 11.8 Å². The third kappa shape index (κ3) is 3.99. The molecule has 3 atom stereocenters. The molecule has 1 fully saturated rings. The molecule has 0 radical (unpaired) electrons. The minimum Gasteiger partial charge on any atom is -0.477 e. The van der Waals surface area contributed by atoms with Crippen LogP contribution in [0.3, 0.4) is 0 Å². The summed E-state index contributed by atoms with van der Waals surface area (Å²) in [6.07, 6.45) is 0. The molecular weight excluding hydrogens is 478 g/mol. The van der Waals surface area contributed by atoms with Crippen molar-refractivity contribution in [3.8, 4) is 0 Å². The Morgan fingerprint density at radius 1 is 1.41 bits per heavy atom. The first-order valence-electron chi connectivity index (χ1n) is 9.12. The second kappa shape index (κ2) is 8.93. The molecule has 0 aromatic carbocycles. The van der Waals surface area contributed by atoms with Gasteiger partial charge in [0.15, 0.2) is 10.7 Å². The number of nitrogens with two attached hydrogens (primary N) is 2. The molecule has 0 aliphatic carbocycles. The number of H-pyrrole nitrogens is 1. The van der Waals surface area contributed by atoms with E-state index in [0.29, 0.717) is 16.2 Å². The van der Waals surface area contributed by atoms with E-state index in [2.05, 4.69) is 20.7 Å². The first-order valence-corrected chi connectivity index (χ1v) is 12.0. The van der Waals surface area contributed by atoms with Gasteiger partial charge in [0.1, 0.15) is 23.2 Å². The highest BCUT2D eigenvalue weighted by Gasteiger charge is 2.54. The molecular formula is C17H17N7O5S3. The topological polar surface area (TPSA) is 197 Å². The summed E-state index contributed by atoms with van der Waals surface area (Å²) in [7, 11) is 0. The lowest BCUT2D eigenvalue weighted by Gasteiger charge is -2.49. The summed E-state index contributed by atoms with van der Waals surface area (Å²) in [5.41, 5.74) is 11.5. The van der Waals surface area contributed by atoms with Crippen LogP contribution in [-0.4, -0.2) is 72.0 Å². The number of fused-ring (bicyclic) bond motifs is 1. The fourth-order valence-electron chi connectivity index (χ4n) is 3.27. The van der Waals surface area contributed by atoms with E-state index >= 15 is 0 Å². The maximum absolute atomic E-state index is 12.7. The van der Waals surface area contributed by atoms with Crippen molar-refractivity contribution in [2.45, 2.75) is 22.5 Å². The smallest absolute Gasteiger partial charge is 0.352 e. The third-order valence-electron chi connectivity index (χ3n) is 4.81. The van der Waals surface area contributed by atoms with Crippen LogP contribution in [-0.2, 0) is 14.4 Å². The Morgan fingerprint density at radius 3 is 2.84 bits per heavy atom. The van der Waals surface area contributed by atoms with E-state index in [1.54, 1.807) is 17.5 Å². The molecule has 7 N–H and O–H groups in total. The number of hydrogen-bond donors (Lipinski definition) is 5. The minimum absolute atomic E-state index is 0.0429. The third-order valence-corrected chi connectivity index (χ3v) is 8.16. The van der Waals surface area contributed by atoms with Crippen molar-refractivity contribution in [1.82, 2.24) is 25.6 Å². The quantitative estimate of drug-likeness (QED) is 0.235. The Kier molecular flexibility index (Phi) is 6.23. The lowest BCUT2D eigenvalue weighted by Crippen LogP contribution is -2.71. The Hall–Kier alpha value is -2.88. The van der Waals surface area contributed by atoms with E-state index in [-0.39, 0.29) is 22.2 Å². The Bertz CT molecular complexity index is 1120. The van der Waals surface area contributed by atoms with E-state index < -0.39 is 41.1 Å². The van der Waals surface area contributed by atoms with Crippen molar-refractivity contribution in [3.05, 3.63) is 39.4 Å². The highest BCUT2D eigenvalue weighted by atomic mass is 32.2. The number of primary amides is 1.